The zero-order chi connectivity index (χ0) is 24.3. The summed E-state index contributed by atoms with van der Waals surface area (Å²) in [5.74, 6) is -0.367. The van der Waals surface area contributed by atoms with Gasteiger partial charge in [-0.05, 0) is 37.8 Å². The van der Waals surface area contributed by atoms with Crippen molar-refractivity contribution >= 4 is 12.1 Å². The minimum absolute atomic E-state index is 0.0643. The van der Waals surface area contributed by atoms with Gasteiger partial charge in [0.05, 0.1) is 24.5 Å². The van der Waals surface area contributed by atoms with Gasteiger partial charge in [-0.2, -0.15) is 0 Å². The highest BCUT2D eigenvalue weighted by Crippen LogP contribution is 2.31. The second kappa shape index (κ2) is 9.77. The highest BCUT2D eigenvalue weighted by Gasteiger charge is 2.39. The topological polar surface area (TPSA) is 105 Å². The van der Waals surface area contributed by atoms with Crippen molar-refractivity contribution in [1.29, 1.82) is 0 Å². The Morgan fingerprint density at radius 1 is 1.24 bits per heavy atom. The summed E-state index contributed by atoms with van der Waals surface area (Å²) < 4.78 is 42.7. The van der Waals surface area contributed by atoms with E-state index < -0.39 is 6.36 Å². The Labute approximate surface area is 194 Å². The third-order valence-electron chi connectivity index (χ3n) is 5.74. The fourth-order valence-corrected chi connectivity index (χ4v) is 4.09. The molecule has 13 heteroatoms. The van der Waals surface area contributed by atoms with E-state index in [0.29, 0.717) is 24.5 Å². The summed E-state index contributed by atoms with van der Waals surface area (Å²) in [5, 5.41) is 13.4. The summed E-state index contributed by atoms with van der Waals surface area (Å²) in [6, 6.07) is 5.07. The number of hydrogen-bond acceptors (Lipinski definition) is 5. The number of halogens is 3. The molecule has 1 aromatic heterocycles. The van der Waals surface area contributed by atoms with E-state index in [4.69, 9.17) is 0 Å². The first-order valence-corrected chi connectivity index (χ1v) is 11.0. The highest BCUT2D eigenvalue weighted by atomic mass is 19.4. The van der Waals surface area contributed by atoms with Crippen LogP contribution in [0.25, 0.3) is 5.69 Å². The van der Waals surface area contributed by atoms with E-state index in [9.17, 15) is 22.8 Å². The van der Waals surface area contributed by atoms with E-state index in [-0.39, 0.29) is 36.4 Å². The van der Waals surface area contributed by atoms with Crippen molar-refractivity contribution in [2.24, 2.45) is 0 Å². The lowest BCUT2D eigenvalue weighted by atomic mass is 10.0. The van der Waals surface area contributed by atoms with E-state index in [1.165, 1.54) is 29.1 Å². The summed E-state index contributed by atoms with van der Waals surface area (Å²) in [7, 11) is 1.59. The Morgan fingerprint density at radius 3 is 2.74 bits per heavy atom. The van der Waals surface area contributed by atoms with E-state index in [2.05, 4.69) is 25.7 Å². The number of ether oxygens (including phenoxy) is 1. The van der Waals surface area contributed by atoms with Gasteiger partial charge in [-0.25, -0.2) is 14.3 Å². The van der Waals surface area contributed by atoms with Crippen molar-refractivity contribution < 1.29 is 27.5 Å². The molecule has 0 unspecified atom stereocenters. The average Bonchev–Trinajstić information content (AvgIpc) is 3.51. The number of nitrogens with one attached hydrogen (secondary N) is 2. The molecular weight excluding hydrogens is 455 g/mol. The molecule has 4 amide bonds. The predicted molar refractivity (Wildman–Crippen MR) is 114 cm³/mol. The Kier molecular flexibility index (Phi) is 6.80. The lowest BCUT2D eigenvalue weighted by Gasteiger charge is -2.39. The molecule has 1 aliphatic heterocycles. The number of likely N-dealkylation sites (tertiary alicyclic amines) is 1. The number of piperidine rings is 1. The van der Waals surface area contributed by atoms with Crippen LogP contribution in [0.15, 0.2) is 30.5 Å². The van der Waals surface area contributed by atoms with Crippen LogP contribution in [0.5, 0.6) is 5.75 Å². The van der Waals surface area contributed by atoms with Crippen LogP contribution in [-0.4, -0.2) is 75.4 Å². The van der Waals surface area contributed by atoms with Crippen LogP contribution < -0.4 is 15.4 Å². The van der Waals surface area contributed by atoms with Gasteiger partial charge >= 0.3 is 18.4 Å². The largest absolute Gasteiger partial charge is 0.573 e. The number of amides is 4. The first-order chi connectivity index (χ1) is 16.2. The van der Waals surface area contributed by atoms with E-state index in [1.54, 1.807) is 18.0 Å². The first kappa shape index (κ1) is 23.6. The molecule has 34 heavy (non-hydrogen) atoms. The number of benzene rings is 1. The lowest BCUT2D eigenvalue weighted by Crippen LogP contribution is -2.56. The van der Waals surface area contributed by atoms with E-state index >= 15 is 0 Å². The molecule has 2 heterocycles. The van der Waals surface area contributed by atoms with Gasteiger partial charge in [-0.15, -0.1) is 18.3 Å². The number of carbonyl (C=O) groups is 2. The Bertz CT molecular complexity index is 1030. The van der Waals surface area contributed by atoms with Crippen LogP contribution in [0.1, 0.15) is 31.4 Å². The molecule has 1 atom stereocenters. The van der Waals surface area contributed by atoms with Gasteiger partial charge in [0.2, 0.25) is 0 Å². The zero-order valence-electron chi connectivity index (χ0n) is 18.6. The number of hydrogen-bond donors (Lipinski definition) is 2. The molecular formula is C21H26F3N7O3. The molecule has 0 bridgehead atoms. The molecule has 1 aromatic carbocycles. The van der Waals surface area contributed by atoms with Crippen molar-refractivity contribution in [3.8, 4) is 11.4 Å². The smallest absolute Gasteiger partial charge is 0.406 e. The molecule has 184 valence electrons. The maximum absolute atomic E-state index is 13.0. The fourth-order valence-electron chi connectivity index (χ4n) is 4.09. The van der Waals surface area contributed by atoms with Gasteiger partial charge in [-0.1, -0.05) is 11.3 Å². The van der Waals surface area contributed by atoms with Gasteiger partial charge in [0, 0.05) is 32.2 Å². The van der Waals surface area contributed by atoms with Crippen molar-refractivity contribution in [2.45, 2.75) is 50.7 Å². The molecule has 0 radical (unpaired) electrons. The fraction of sp³-hybridized carbons (Fsp3) is 0.524. The molecule has 2 fully saturated rings. The Morgan fingerprint density at radius 2 is 2.03 bits per heavy atom. The third kappa shape index (κ3) is 5.88. The SMILES string of the molecule is CNC(=O)N1CCC[C@@H](N(C(=O)NCc2cn(-c3cccc(OC(F)(F)F)c3)nn2)C2CC2)C1. The molecule has 1 saturated carbocycles. The Hall–Kier alpha value is -3.51. The number of carbonyl (C=O) groups excluding carboxylic acids is 2. The van der Waals surface area contributed by atoms with E-state index in [0.717, 1.165) is 25.7 Å². The average molecular weight is 481 g/mol. The monoisotopic (exact) mass is 481 g/mol. The van der Waals surface area contributed by atoms with Gasteiger partial charge in [0.15, 0.2) is 0 Å². The minimum atomic E-state index is -4.79. The maximum atomic E-state index is 13.0. The lowest BCUT2D eigenvalue weighted by molar-refractivity contribution is -0.274. The molecule has 4 rings (SSSR count). The van der Waals surface area contributed by atoms with Crippen LogP contribution in [0.3, 0.4) is 0 Å². The van der Waals surface area contributed by atoms with Crippen LogP contribution in [-0.2, 0) is 6.54 Å². The number of nitrogens with zero attached hydrogens (tertiary/aromatic N) is 5. The molecule has 1 aliphatic carbocycles. The summed E-state index contributed by atoms with van der Waals surface area (Å²) >= 11 is 0. The third-order valence-corrected chi connectivity index (χ3v) is 5.74. The summed E-state index contributed by atoms with van der Waals surface area (Å²) in [4.78, 5) is 28.6. The standard InChI is InChI=1S/C21H26F3N7O3/c1-25-19(32)29-9-3-5-17(13-29)31(15-7-8-15)20(33)26-11-14-12-30(28-27-14)16-4-2-6-18(10-16)34-21(22,23)24/h2,4,6,10,12,15,17H,3,5,7-9,11,13H2,1H3,(H,25,32)(H,26,33)/t17-/m1/s1. The van der Waals surface area contributed by atoms with Crippen molar-refractivity contribution in [3.05, 3.63) is 36.2 Å². The predicted octanol–water partition coefficient (Wildman–Crippen LogP) is 2.64. The number of aromatic nitrogens is 3. The summed E-state index contributed by atoms with van der Waals surface area (Å²) in [5.41, 5.74) is 0.782. The van der Waals surface area contributed by atoms with E-state index in [1.807, 2.05) is 4.90 Å². The highest BCUT2D eigenvalue weighted by molar-refractivity contribution is 5.76. The van der Waals surface area contributed by atoms with Crippen molar-refractivity contribution in [2.75, 3.05) is 20.1 Å². The van der Waals surface area contributed by atoms with Crippen LogP contribution in [0.2, 0.25) is 0 Å². The van der Waals surface area contributed by atoms with Crippen LogP contribution in [0, 0.1) is 0 Å². The first-order valence-electron chi connectivity index (χ1n) is 11.0. The molecule has 2 N–H and O–H groups in total. The van der Waals surface area contributed by atoms with Crippen molar-refractivity contribution in [1.82, 2.24) is 35.4 Å². The quantitative estimate of drug-likeness (QED) is 0.660. The molecule has 1 saturated heterocycles. The molecule has 2 aliphatic rings. The maximum Gasteiger partial charge on any atom is 0.573 e. The van der Waals surface area contributed by atoms with Crippen LogP contribution in [0.4, 0.5) is 22.8 Å². The normalized spacial score (nSPS) is 18.4. The zero-order valence-corrected chi connectivity index (χ0v) is 18.6. The second-order valence-electron chi connectivity index (χ2n) is 8.29. The van der Waals surface area contributed by atoms with Gasteiger partial charge < -0.3 is 25.2 Å². The number of rotatable bonds is 6. The van der Waals surface area contributed by atoms with Gasteiger partial charge in [0.25, 0.3) is 0 Å². The summed E-state index contributed by atoms with van der Waals surface area (Å²) in [6.45, 7) is 1.25. The van der Waals surface area contributed by atoms with Gasteiger partial charge in [-0.3, -0.25) is 0 Å². The van der Waals surface area contributed by atoms with Crippen LogP contribution >= 0.6 is 0 Å². The molecule has 0 spiro atoms. The minimum Gasteiger partial charge on any atom is -0.406 e. The number of alkyl halides is 3. The number of urea groups is 2. The molecule has 2 aromatic rings. The second-order valence-corrected chi connectivity index (χ2v) is 8.29. The molecule has 10 nitrogen and oxygen atoms in total. The van der Waals surface area contributed by atoms with Gasteiger partial charge in [0.1, 0.15) is 11.4 Å². The Balaban J connectivity index is 1.37. The summed E-state index contributed by atoms with van der Waals surface area (Å²) in [6.07, 6.45) is 0.235. The van der Waals surface area contributed by atoms with Crippen molar-refractivity contribution in [3.63, 3.8) is 0 Å².